The number of unbranched alkanes of at least 4 members (excludes halogenated alkanes) is 30. The van der Waals surface area contributed by atoms with Crippen molar-refractivity contribution < 1.29 is 64.6 Å². The zero-order valence-electron chi connectivity index (χ0n) is 47.3. The Morgan fingerprint density at radius 2 is 0.920 bits per heavy atom. The molecule has 0 aromatic carbocycles. The summed E-state index contributed by atoms with van der Waals surface area (Å²) in [4.78, 5) is 13.3. The number of carbonyl (C=O) groups excluding carboxylic acids is 1. The van der Waals surface area contributed by atoms with E-state index < -0.39 is 86.8 Å². The van der Waals surface area contributed by atoms with Crippen molar-refractivity contribution in [1.82, 2.24) is 5.32 Å². The first-order chi connectivity index (χ1) is 36.6. The van der Waals surface area contributed by atoms with Gasteiger partial charge in [0.1, 0.15) is 48.8 Å². The normalized spacial score (nSPS) is 25.3. The molecule has 9 N–H and O–H groups in total. The molecule has 0 spiro atoms. The predicted octanol–water partition coefficient (Wildman–Crippen LogP) is 10.6. The first-order valence-corrected chi connectivity index (χ1v) is 30.7. The summed E-state index contributed by atoms with van der Waals surface area (Å²) in [5.41, 5.74) is 0. The number of aliphatic hydroxyl groups excluding tert-OH is 8. The number of hydrogen-bond donors (Lipinski definition) is 9. The quantitative estimate of drug-likeness (QED) is 0.0204. The molecular weight excluding hydrogens is 955 g/mol. The van der Waals surface area contributed by atoms with Crippen LogP contribution >= 0.6 is 0 Å². The molecule has 0 aromatic heterocycles. The zero-order valence-corrected chi connectivity index (χ0v) is 47.3. The molecule has 2 aliphatic rings. The number of amides is 1. The Hall–Kier alpha value is -1.79. The van der Waals surface area contributed by atoms with Crippen molar-refractivity contribution in [2.75, 3.05) is 19.8 Å². The van der Waals surface area contributed by atoms with Gasteiger partial charge < -0.3 is 65.1 Å². The molecule has 14 heteroatoms. The van der Waals surface area contributed by atoms with E-state index in [1.807, 2.05) is 0 Å². The summed E-state index contributed by atoms with van der Waals surface area (Å²) in [6, 6.07) is -0.838. The van der Waals surface area contributed by atoms with Gasteiger partial charge in [-0.25, -0.2) is 0 Å². The third-order valence-electron chi connectivity index (χ3n) is 15.1. The maximum Gasteiger partial charge on any atom is 0.220 e. The Morgan fingerprint density at radius 3 is 1.41 bits per heavy atom. The molecule has 1 amide bonds. The summed E-state index contributed by atoms with van der Waals surface area (Å²) in [7, 11) is 0. The van der Waals surface area contributed by atoms with E-state index in [0.717, 1.165) is 77.0 Å². The molecule has 12 atom stereocenters. The number of rotatable bonds is 49. The minimum absolute atomic E-state index is 0.222. The van der Waals surface area contributed by atoms with E-state index in [4.69, 9.17) is 18.9 Å². The van der Waals surface area contributed by atoms with E-state index in [9.17, 15) is 45.6 Å². The number of carbonyl (C=O) groups is 1. The topological polar surface area (TPSA) is 228 Å². The standard InChI is InChI=1S/C61H113NO13/c1-3-5-7-9-11-13-15-17-19-20-21-22-23-24-25-26-27-28-29-31-32-34-36-38-40-42-44-50(65)49(62-53(66)45-43-41-39-37-35-33-30-18-16-14-12-10-8-6-4-2)48-72-60-58(71)56(69)59(52(47-64)74-60)75-61-57(70)55(68)54(67)51(46-63)73-61/h6,8,12,14,18,30,49-52,54-61,63-65,67-71H,3-5,7,9-11,13,15-17,19-29,31-48H2,1-2H3,(H,62,66)/b8-6-,14-12-,30-18-. The maximum absolute atomic E-state index is 13.3. The fourth-order valence-electron chi connectivity index (χ4n) is 10.2. The number of aliphatic hydroxyl groups is 8. The van der Waals surface area contributed by atoms with Crippen LogP contribution in [0.15, 0.2) is 36.5 Å². The molecule has 0 aliphatic carbocycles. The van der Waals surface area contributed by atoms with Crippen molar-refractivity contribution in [2.24, 2.45) is 0 Å². The average molecular weight is 1070 g/mol. The summed E-state index contributed by atoms with van der Waals surface area (Å²) in [6.45, 7) is 2.75. The first-order valence-electron chi connectivity index (χ1n) is 30.7. The van der Waals surface area contributed by atoms with Crippen LogP contribution in [0.25, 0.3) is 0 Å². The van der Waals surface area contributed by atoms with Gasteiger partial charge in [-0.15, -0.1) is 0 Å². The van der Waals surface area contributed by atoms with Crippen LogP contribution in [0.5, 0.6) is 0 Å². The summed E-state index contributed by atoms with van der Waals surface area (Å²) < 4.78 is 22.8. The molecule has 14 nitrogen and oxygen atoms in total. The van der Waals surface area contributed by atoms with Crippen molar-refractivity contribution >= 4 is 5.91 Å². The van der Waals surface area contributed by atoms with Crippen LogP contribution in [0.3, 0.4) is 0 Å². The highest BCUT2D eigenvalue weighted by Crippen LogP contribution is 2.30. The molecule has 2 saturated heterocycles. The maximum atomic E-state index is 13.3. The largest absolute Gasteiger partial charge is 0.394 e. The van der Waals surface area contributed by atoms with Gasteiger partial charge in [0.05, 0.1) is 32.0 Å². The molecule has 12 unspecified atom stereocenters. The highest BCUT2D eigenvalue weighted by Gasteiger charge is 2.51. The van der Waals surface area contributed by atoms with Crippen LogP contribution in [0.2, 0.25) is 0 Å². The van der Waals surface area contributed by atoms with E-state index in [1.165, 1.54) is 141 Å². The van der Waals surface area contributed by atoms with E-state index in [0.29, 0.717) is 12.8 Å². The van der Waals surface area contributed by atoms with E-state index in [2.05, 4.69) is 55.6 Å². The zero-order chi connectivity index (χ0) is 54.6. The van der Waals surface area contributed by atoms with Crippen LogP contribution < -0.4 is 5.32 Å². The van der Waals surface area contributed by atoms with Crippen molar-refractivity contribution in [3.8, 4) is 0 Å². The molecule has 0 radical (unpaired) electrons. The van der Waals surface area contributed by atoms with Gasteiger partial charge >= 0.3 is 0 Å². The Kier molecular flexibility index (Phi) is 43.5. The van der Waals surface area contributed by atoms with Crippen LogP contribution in [0.4, 0.5) is 0 Å². The average Bonchev–Trinajstić information content (AvgIpc) is 3.41. The van der Waals surface area contributed by atoms with Crippen LogP contribution in [-0.2, 0) is 23.7 Å². The van der Waals surface area contributed by atoms with Crippen molar-refractivity contribution in [1.29, 1.82) is 0 Å². The van der Waals surface area contributed by atoms with Gasteiger partial charge in [-0.2, -0.15) is 0 Å². The highest BCUT2D eigenvalue weighted by atomic mass is 16.7. The lowest BCUT2D eigenvalue weighted by molar-refractivity contribution is -0.359. The molecule has 75 heavy (non-hydrogen) atoms. The van der Waals surface area contributed by atoms with E-state index >= 15 is 0 Å². The minimum Gasteiger partial charge on any atom is -0.394 e. The second-order valence-corrected chi connectivity index (χ2v) is 21.8. The predicted molar refractivity (Wildman–Crippen MR) is 300 cm³/mol. The Balaban J connectivity index is 1.71. The summed E-state index contributed by atoms with van der Waals surface area (Å²) in [5, 5.41) is 87.3. The van der Waals surface area contributed by atoms with Gasteiger partial charge in [0, 0.05) is 6.42 Å². The van der Waals surface area contributed by atoms with Crippen LogP contribution in [0, 0.1) is 0 Å². The van der Waals surface area contributed by atoms with Crippen molar-refractivity contribution in [3.63, 3.8) is 0 Å². The second kappa shape index (κ2) is 47.1. The summed E-state index contributed by atoms with van der Waals surface area (Å²) in [6.07, 6.45) is 40.1. The molecule has 2 aliphatic heterocycles. The molecule has 440 valence electrons. The van der Waals surface area contributed by atoms with Crippen molar-refractivity contribution in [3.05, 3.63) is 36.5 Å². The van der Waals surface area contributed by atoms with Gasteiger partial charge in [0.2, 0.25) is 5.91 Å². The molecule has 0 bridgehead atoms. The molecule has 2 rings (SSSR count). The number of nitrogens with one attached hydrogen (secondary N) is 1. The minimum atomic E-state index is -1.78. The summed E-state index contributed by atoms with van der Waals surface area (Å²) in [5.74, 6) is -0.222. The van der Waals surface area contributed by atoms with Gasteiger partial charge in [-0.1, -0.05) is 237 Å². The van der Waals surface area contributed by atoms with Crippen LogP contribution in [-0.4, -0.2) is 140 Å². The molecule has 0 aromatic rings. The fraction of sp³-hybridized carbons (Fsp3) is 0.885. The van der Waals surface area contributed by atoms with Crippen molar-refractivity contribution in [2.45, 2.75) is 325 Å². The Labute approximate surface area is 455 Å². The van der Waals surface area contributed by atoms with Gasteiger partial charge in [0.25, 0.3) is 0 Å². The number of ether oxygens (including phenoxy) is 4. The van der Waals surface area contributed by atoms with E-state index in [1.54, 1.807) is 0 Å². The number of allylic oxidation sites excluding steroid dienone is 6. The summed E-state index contributed by atoms with van der Waals surface area (Å²) >= 11 is 0. The molecule has 2 heterocycles. The third kappa shape index (κ3) is 32.8. The van der Waals surface area contributed by atoms with Gasteiger partial charge in [0.15, 0.2) is 12.6 Å². The molecular formula is C61H113NO13. The Morgan fingerprint density at radius 1 is 0.493 bits per heavy atom. The highest BCUT2D eigenvalue weighted by molar-refractivity contribution is 5.76. The second-order valence-electron chi connectivity index (χ2n) is 21.8. The van der Waals surface area contributed by atoms with Gasteiger partial charge in [-0.05, 0) is 44.9 Å². The number of hydrogen-bond acceptors (Lipinski definition) is 13. The van der Waals surface area contributed by atoms with E-state index in [-0.39, 0.29) is 18.9 Å². The monoisotopic (exact) mass is 1070 g/mol. The smallest absolute Gasteiger partial charge is 0.220 e. The Bertz CT molecular complexity index is 1400. The molecule has 2 fully saturated rings. The molecule has 0 saturated carbocycles. The fourth-order valence-corrected chi connectivity index (χ4v) is 10.2. The lowest BCUT2D eigenvalue weighted by atomic mass is 9.97. The van der Waals surface area contributed by atoms with Crippen LogP contribution in [0.1, 0.15) is 251 Å². The SMILES string of the molecule is CC/C=C\C/C=C\C/C=C\CCCCCCCC(=O)NC(COC1OC(CO)C(OC2OC(CO)C(O)C(O)C2O)C(O)C1O)C(O)CCCCCCCCCCCCCCCCCCCCCCCCCCCC. The lowest BCUT2D eigenvalue weighted by Gasteiger charge is -2.46. The third-order valence-corrected chi connectivity index (χ3v) is 15.1. The first kappa shape index (κ1) is 69.3. The lowest BCUT2D eigenvalue weighted by Crippen LogP contribution is -2.65. The van der Waals surface area contributed by atoms with Gasteiger partial charge in [-0.3, -0.25) is 4.79 Å².